The van der Waals surface area contributed by atoms with Gasteiger partial charge in [0.25, 0.3) is 0 Å². The average Bonchev–Trinajstić information content (AvgIpc) is 3.13. The van der Waals surface area contributed by atoms with Crippen LogP contribution < -0.4 is 9.30 Å². The molecule has 1 atom stereocenters. The van der Waals surface area contributed by atoms with Crippen LogP contribution in [0.3, 0.4) is 0 Å². The maximum atomic E-state index is 12.9. The van der Waals surface area contributed by atoms with Gasteiger partial charge in [0.1, 0.15) is 7.05 Å². The molecule has 1 unspecified atom stereocenters. The minimum absolute atomic E-state index is 0.218. The Morgan fingerprint density at radius 3 is 2.32 bits per heavy atom. The van der Waals surface area contributed by atoms with Crippen molar-refractivity contribution in [2.75, 3.05) is 7.11 Å². The molecule has 5 nitrogen and oxygen atoms in total. The van der Waals surface area contributed by atoms with Crippen molar-refractivity contribution in [3.05, 3.63) is 87.6 Å². The molecule has 178 valence electrons. The van der Waals surface area contributed by atoms with Gasteiger partial charge in [-0.3, -0.25) is 0 Å². The molecule has 0 saturated carbocycles. The van der Waals surface area contributed by atoms with Gasteiger partial charge in [0.2, 0.25) is 17.7 Å². The first-order valence-electron chi connectivity index (χ1n) is 10.4. The standard InChI is InChI=1S/C25H23ClF3N2O3/c1-14-13-31(3)23(34-14)24(2,32)17-9-10-20-18(12-17)21(26)19(22(30-20)33-4)11-15-5-7-16(8-6-15)25(27,28)29/h5-10,12-13,32H,11H2,1-4H3/q+1. The third kappa shape index (κ3) is 4.35. The second-order valence-electron chi connectivity index (χ2n) is 8.35. The highest BCUT2D eigenvalue weighted by atomic mass is 35.5. The van der Waals surface area contributed by atoms with Crippen LogP contribution in [0.2, 0.25) is 5.02 Å². The molecule has 0 aliphatic rings. The van der Waals surface area contributed by atoms with Crippen molar-refractivity contribution in [3.8, 4) is 5.88 Å². The van der Waals surface area contributed by atoms with E-state index in [1.54, 1.807) is 49.9 Å². The van der Waals surface area contributed by atoms with E-state index in [1.165, 1.54) is 19.2 Å². The Morgan fingerprint density at radius 2 is 1.76 bits per heavy atom. The molecular formula is C25H23ClF3N2O3+. The van der Waals surface area contributed by atoms with Crippen molar-refractivity contribution >= 4 is 22.5 Å². The molecule has 4 rings (SSSR count). The summed E-state index contributed by atoms with van der Waals surface area (Å²) in [7, 11) is 3.24. The zero-order valence-corrected chi connectivity index (χ0v) is 19.8. The van der Waals surface area contributed by atoms with E-state index in [9.17, 15) is 18.3 Å². The Morgan fingerprint density at radius 1 is 1.12 bits per heavy atom. The third-order valence-corrected chi connectivity index (χ3v) is 6.20. The Bertz CT molecular complexity index is 1360. The van der Waals surface area contributed by atoms with E-state index < -0.39 is 17.3 Å². The fraction of sp³-hybridized carbons (Fsp3) is 0.280. The first-order chi connectivity index (χ1) is 15.9. The predicted molar refractivity (Wildman–Crippen MR) is 121 cm³/mol. The van der Waals surface area contributed by atoms with E-state index >= 15 is 0 Å². The summed E-state index contributed by atoms with van der Waals surface area (Å²) in [6, 6.07) is 10.1. The highest BCUT2D eigenvalue weighted by molar-refractivity contribution is 6.36. The number of hydrogen-bond acceptors (Lipinski definition) is 4. The predicted octanol–water partition coefficient (Wildman–Crippen LogP) is 5.49. The van der Waals surface area contributed by atoms with Gasteiger partial charge in [-0.1, -0.05) is 29.8 Å². The first-order valence-corrected chi connectivity index (χ1v) is 10.8. The molecule has 0 saturated heterocycles. The molecule has 2 aromatic heterocycles. The van der Waals surface area contributed by atoms with Crippen LogP contribution >= 0.6 is 11.6 Å². The topological polar surface area (TPSA) is 59.4 Å². The summed E-state index contributed by atoms with van der Waals surface area (Å²) in [4.78, 5) is 4.53. The number of alkyl halides is 3. The second kappa shape index (κ2) is 8.60. The van der Waals surface area contributed by atoms with Crippen LogP contribution in [0.25, 0.3) is 10.9 Å². The largest absolute Gasteiger partial charge is 0.481 e. The van der Waals surface area contributed by atoms with Gasteiger partial charge in [-0.2, -0.15) is 17.7 Å². The van der Waals surface area contributed by atoms with Crippen molar-refractivity contribution < 1.29 is 32.0 Å². The molecular weight excluding hydrogens is 469 g/mol. The SMILES string of the molecule is COc1nc2ccc(C(C)(O)c3oc(C)c[n+]3C)cc2c(Cl)c1Cc1ccc(C(F)(F)F)cc1. The van der Waals surface area contributed by atoms with Crippen LogP contribution in [0.4, 0.5) is 13.2 Å². The van der Waals surface area contributed by atoms with Crippen LogP contribution in [-0.4, -0.2) is 17.2 Å². The van der Waals surface area contributed by atoms with Gasteiger partial charge in [0.15, 0.2) is 5.76 Å². The van der Waals surface area contributed by atoms with E-state index in [2.05, 4.69) is 4.98 Å². The van der Waals surface area contributed by atoms with E-state index in [4.69, 9.17) is 20.8 Å². The fourth-order valence-corrected chi connectivity index (χ4v) is 4.33. The number of aliphatic hydroxyl groups is 1. The lowest BCUT2D eigenvalue weighted by Crippen LogP contribution is -2.39. The quantitative estimate of drug-likeness (QED) is 0.375. The number of nitrogens with zero attached hydrogens (tertiary/aromatic N) is 2. The van der Waals surface area contributed by atoms with Gasteiger partial charge in [-0.05, 0) is 42.3 Å². The molecule has 2 aromatic carbocycles. The summed E-state index contributed by atoms with van der Waals surface area (Å²) in [5, 5.41) is 12.2. The van der Waals surface area contributed by atoms with Gasteiger partial charge in [0.05, 0.1) is 23.2 Å². The summed E-state index contributed by atoms with van der Waals surface area (Å²) >= 11 is 6.77. The lowest BCUT2D eigenvalue weighted by molar-refractivity contribution is -0.689. The second-order valence-corrected chi connectivity index (χ2v) is 8.73. The molecule has 4 aromatic rings. The maximum absolute atomic E-state index is 12.9. The lowest BCUT2D eigenvalue weighted by atomic mass is 9.93. The summed E-state index contributed by atoms with van der Waals surface area (Å²) in [6.07, 6.45) is -2.42. The lowest BCUT2D eigenvalue weighted by Gasteiger charge is -2.19. The fourth-order valence-electron chi connectivity index (χ4n) is 4.03. The van der Waals surface area contributed by atoms with Crippen molar-refractivity contribution in [3.63, 3.8) is 0 Å². The zero-order chi connectivity index (χ0) is 24.8. The van der Waals surface area contributed by atoms with E-state index in [1.807, 2.05) is 0 Å². The summed E-state index contributed by atoms with van der Waals surface area (Å²) in [5.74, 6) is 1.29. The highest BCUT2D eigenvalue weighted by Crippen LogP contribution is 2.37. The first kappa shape index (κ1) is 24.0. The smallest absolute Gasteiger partial charge is 0.416 e. The van der Waals surface area contributed by atoms with Gasteiger partial charge < -0.3 is 14.3 Å². The Kier molecular flexibility index (Phi) is 6.08. The molecule has 9 heteroatoms. The number of aryl methyl sites for hydroxylation is 2. The molecule has 0 bridgehead atoms. The van der Waals surface area contributed by atoms with E-state index in [0.717, 1.165) is 12.1 Å². The average molecular weight is 492 g/mol. The van der Waals surface area contributed by atoms with Crippen LogP contribution in [0.15, 0.2) is 53.1 Å². The number of hydrogen-bond donors (Lipinski definition) is 1. The summed E-state index contributed by atoms with van der Waals surface area (Å²) in [5.41, 5.74) is 0.0767. The monoisotopic (exact) mass is 491 g/mol. The molecule has 0 fully saturated rings. The number of aromatic nitrogens is 2. The Hall–Kier alpha value is -3.10. The minimum atomic E-state index is -4.41. The zero-order valence-electron chi connectivity index (χ0n) is 19.0. The minimum Gasteiger partial charge on any atom is -0.481 e. The van der Waals surface area contributed by atoms with E-state index in [0.29, 0.717) is 44.3 Å². The molecule has 34 heavy (non-hydrogen) atoms. The normalized spacial score (nSPS) is 13.8. The van der Waals surface area contributed by atoms with Gasteiger partial charge >= 0.3 is 12.1 Å². The number of benzene rings is 2. The van der Waals surface area contributed by atoms with Crippen LogP contribution in [-0.2, 0) is 25.2 Å². The van der Waals surface area contributed by atoms with Crippen molar-refractivity contribution in [2.24, 2.45) is 7.05 Å². The number of fused-ring (bicyclic) bond motifs is 1. The number of ether oxygens (including phenoxy) is 1. The molecule has 0 aliphatic carbocycles. The van der Waals surface area contributed by atoms with Gasteiger partial charge in [-0.25, -0.2) is 4.98 Å². The number of methoxy groups -OCH3 is 1. The summed E-state index contributed by atoms with van der Waals surface area (Å²) in [6.45, 7) is 3.42. The number of halogens is 4. The van der Waals surface area contributed by atoms with Crippen LogP contribution in [0.1, 0.15) is 40.8 Å². The maximum Gasteiger partial charge on any atom is 0.416 e. The van der Waals surface area contributed by atoms with Crippen molar-refractivity contribution in [1.29, 1.82) is 0 Å². The van der Waals surface area contributed by atoms with Gasteiger partial charge in [0, 0.05) is 24.3 Å². The van der Waals surface area contributed by atoms with Crippen LogP contribution in [0, 0.1) is 6.92 Å². The molecule has 2 heterocycles. The Balaban J connectivity index is 1.79. The van der Waals surface area contributed by atoms with Crippen molar-refractivity contribution in [2.45, 2.75) is 32.0 Å². The number of rotatable bonds is 5. The molecule has 0 spiro atoms. The van der Waals surface area contributed by atoms with E-state index in [-0.39, 0.29) is 12.3 Å². The number of pyridine rings is 1. The Labute approximate surface area is 199 Å². The summed E-state index contributed by atoms with van der Waals surface area (Å²) < 4.78 is 51.6. The molecule has 0 radical (unpaired) electrons. The molecule has 1 N–H and O–H groups in total. The third-order valence-electron chi connectivity index (χ3n) is 5.77. The highest BCUT2D eigenvalue weighted by Gasteiger charge is 2.39. The van der Waals surface area contributed by atoms with Gasteiger partial charge in [-0.15, -0.1) is 0 Å². The van der Waals surface area contributed by atoms with Crippen molar-refractivity contribution in [1.82, 2.24) is 4.98 Å². The number of oxazole rings is 1. The molecule has 0 amide bonds. The van der Waals surface area contributed by atoms with Crippen LogP contribution in [0.5, 0.6) is 5.88 Å². The molecule has 0 aliphatic heterocycles.